The van der Waals surface area contributed by atoms with E-state index < -0.39 is 0 Å². The first-order valence-electron chi connectivity index (χ1n) is 6.17. The molecular formula is C14H11ClFN5. The quantitative estimate of drug-likeness (QED) is 0.739. The number of rotatable bonds is 2. The Morgan fingerprint density at radius 2 is 2.05 bits per heavy atom. The maximum Gasteiger partial charge on any atom is 0.188 e. The highest BCUT2D eigenvalue weighted by atomic mass is 35.5. The Kier molecular flexibility index (Phi) is 3.31. The van der Waals surface area contributed by atoms with Crippen LogP contribution in [0.15, 0.2) is 36.4 Å². The van der Waals surface area contributed by atoms with Gasteiger partial charge in [-0.1, -0.05) is 17.7 Å². The van der Waals surface area contributed by atoms with Crippen molar-refractivity contribution < 1.29 is 4.39 Å². The van der Waals surface area contributed by atoms with Gasteiger partial charge in [0, 0.05) is 5.56 Å². The first-order chi connectivity index (χ1) is 10.1. The summed E-state index contributed by atoms with van der Waals surface area (Å²) in [6, 6.07) is 9.87. The molecule has 3 rings (SSSR count). The number of nitrogens with zero attached hydrogens (tertiary/aromatic N) is 4. The molecule has 0 saturated carbocycles. The molecule has 2 aromatic carbocycles. The summed E-state index contributed by atoms with van der Waals surface area (Å²) in [4.78, 5) is 0. The minimum Gasteiger partial charge on any atom is -0.398 e. The summed E-state index contributed by atoms with van der Waals surface area (Å²) in [5.74, 6) is 0.161. The molecule has 3 aromatic rings. The average molecular weight is 304 g/mol. The molecule has 0 amide bonds. The van der Waals surface area contributed by atoms with Gasteiger partial charge in [0.2, 0.25) is 0 Å². The van der Waals surface area contributed by atoms with Crippen LogP contribution in [-0.2, 0) is 0 Å². The molecule has 0 fully saturated rings. The predicted octanol–water partition coefficient (Wildman–Crippen LogP) is 3.01. The number of aryl methyl sites for hydroxylation is 1. The average Bonchev–Trinajstić information content (AvgIpc) is 2.94. The number of hydrogen-bond donors (Lipinski definition) is 1. The number of nitrogens with two attached hydrogens (primary N) is 1. The lowest BCUT2D eigenvalue weighted by Crippen LogP contribution is -2.02. The minimum atomic E-state index is -0.282. The highest BCUT2D eigenvalue weighted by molar-refractivity contribution is 6.35. The van der Waals surface area contributed by atoms with E-state index in [1.54, 1.807) is 37.3 Å². The van der Waals surface area contributed by atoms with Crippen LogP contribution in [0.4, 0.5) is 10.1 Å². The van der Waals surface area contributed by atoms with Gasteiger partial charge in [-0.25, -0.2) is 4.39 Å². The number of benzene rings is 2. The van der Waals surface area contributed by atoms with Gasteiger partial charge < -0.3 is 5.73 Å². The maximum absolute atomic E-state index is 13.4. The molecule has 0 aliphatic rings. The van der Waals surface area contributed by atoms with Gasteiger partial charge in [-0.05, 0) is 53.2 Å². The first-order valence-corrected chi connectivity index (χ1v) is 6.55. The van der Waals surface area contributed by atoms with Crippen molar-refractivity contribution in [3.63, 3.8) is 0 Å². The van der Waals surface area contributed by atoms with Gasteiger partial charge in [-0.3, -0.25) is 0 Å². The van der Waals surface area contributed by atoms with Crippen LogP contribution >= 0.6 is 11.6 Å². The Bertz CT molecular complexity index is 815. The van der Waals surface area contributed by atoms with Crippen molar-refractivity contribution in [1.29, 1.82) is 0 Å². The van der Waals surface area contributed by atoms with Crippen molar-refractivity contribution in [2.75, 3.05) is 5.73 Å². The van der Waals surface area contributed by atoms with Gasteiger partial charge in [-0.15, -0.1) is 5.10 Å². The highest BCUT2D eigenvalue weighted by Crippen LogP contribution is 2.31. The van der Waals surface area contributed by atoms with Crippen molar-refractivity contribution in [3.05, 3.63) is 52.8 Å². The van der Waals surface area contributed by atoms with Crippen molar-refractivity contribution in [3.8, 4) is 17.1 Å². The summed E-state index contributed by atoms with van der Waals surface area (Å²) in [6.07, 6.45) is 0. The summed E-state index contributed by atoms with van der Waals surface area (Å²) >= 11 is 6.21. The molecular weight excluding hydrogens is 293 g/mol. The van der Waals surface area contributed by atoms with E-state index in [1.165, 1.54) is 10.7 Å². The number of aromatic nitrogens is 4. The number of hydrogen-bond acceptors (Lipinski definition) is 4. The van der Waals surface area contributed by atoms with E-state index in [4.69, 9.17) is 17.3 Å². The van der Waals surface area contributed by atoms with Gasteiger partial charge in [0.05, 0.1) is 16.4 Å². The molecule has 2 N–H and O–H groups in total. The van der Waals surface area contributed by atoms with Crippen molar-refractivity contribution in [2.45, 2.75) is 6.92 Å². The SMILES string of the molecule is Cc1cc(-n2nnnc2-c2cccc(N)c2Cl)ccc1F. The Labute approximate surface area is 125 Å². The van der Waals surface area contributed by atoms with Gasteiger partial charge in [0.25, 0.3) is 0 Å². The van der Waals surface area contributed by atoms with Crippen LogP contribution in [-0.4, -0.2) is 20.2 Å². The van der Waals surface area contributed by atoms with Gasteiger partial charge in [0.15, 0.2) is 5.82 Å². The maximum atomic E-state index is 13.4. The third-order valence-electron chi connectivity index (χ3n) is 3.13. The summed E-state index contributed by atoms with van der Waals surface area (Å²) in [7, 11) is 0. The Morgan fingerprint density at radius 3 is 2.81 bits per heavy atom. The molecule has 21 heavy (non-hydrogen) atoms. The topological polar surface area (TPSA) is 69.6 Å². The normalized spacial score (nSPS) is 10.8. The van der Waals surface area contributed by atoms with E-state index in [-0.39, 0.29) is 5.82 Å². The molecule has 5 nitrogen and oxygen atoms in total. The van der Waals surface area contributed by atoms with Crippen molar-refractivity contribution in [2.24, 2.45) is 0 Å². The lowest BCUT2D eigenvalue weighted by Gasteiger charge is -2.08. The zero-order chi connectivity index (χ0) is 15.0. The fourth-order valence-corrected chi connectivity index (χ4v) is 2.22. The molecule has 0 aliphatic carbocycles. The van der Waals surface area contributed by atoms with E-state index in [2.05, 4.69) is 15.5 Å². The Balaban J connectivity index is 2.17. The largest absolute Gasteiger partial charge is 0.398 e. The molecule has 0 unspecified atom stereocenters. The van der Waals surface area contributed by atoms with E-state index in [0.29, 0.717) is 33.3 Å². The minimum absolute atomic E-state index is 0.282. The van der Waals surface area contributed by atoms with E-state index >= 15 is 0 Å². The van der Waals surface area contributed by atoms with Gasteiger partial charge in [-0.2, -0.15) is 4.68 Å². The molecule has 1 heterocycles. The van der Waals surface area contributed by atoms with Crippen LogP contribution in [0, 0.1) is 12.7 Å². The molecule has 7 heteroatoms. The molecule has 0 saturated heterocycles. The monoisotopic (exact) mass is 303 g/mol. The second-order valence-corrected chi connectivity index (χ2v) is 4.93. The van der Waals surface area contributed by atoms with E-state index in [0.717, 1.165) is 0 Å². The van der Waals surface area contributed by atoms with Gasteiger partial charge >= 0.3 is 0 Å². The molecule has 0 radical (unpaired) electrons. The van der Waals surface area contributed by atoms with Crippen LogP contribution in [0.2, 0.25) is 5.02 Å². The molecule has 0 bridgehead atoms. The van der Waals surface area contributed by atoms with Crippen molar-refractivity contribution >= 4 is 17.3 Å². The molecule has 0 aliphatic heterocycles. The number of halogens is 2. The van der Waals surface area contributed by atoms with Crippen LogP contribution in [0.25, 0.3) is 17.1 Å². The first kappa shape index (κ1) is 13.5. The van der Waals surface area contributed by atoms with Crippen LogP contribution < -0.4 is 5.73 Å². The third-order valence-corrected chi connectivity index (χ3v) is 3.55. The molecule has 0 spiro atoms. The fraction of sp³-hybridized carbons (Fsp3) is 0.0714. The Hall–Kier alpha value is -2.47. The van der Waals surface area contributed by atoms with Crippen molar-refractivity contribution in [1.82, 2.24) is 20.2 Å². The lowest BCUT2D eigenvalue weighted by molar-refractivity contribution is 0.617. The number of tetrazole rings is 1. The lowest BCUT2D eigenvalue weighted by atomic mass is 10.1. The van der Waals surface area contributed by atoms with Crippen LogP contribution in [0.1, 0.15) is 5.56 Å². The summed E-state index contributed by atoms with van der Waals surface area (Å²) in [6.45, 7) is 1.68. The van der Waals surface area contributed by atoms with Crippen LogP contribution in [0.5, 0.6) is 0 Å². The molecule has 0 atom stereocenters. The standard InChI is InChI=1S/C14H11ClFN5/c1-8-7-9(5-6-11(8)16)21-14(18-19-20-21)10-3-2-4-12(17)13(10)15/h2-7H,17H2,1H3. The highest BCUT2D eigenvalue weighted by Gasteiger charge is 2.15. The van der Waals surface area contributed by atoms with Gasteiger partial charge in [0.1, 0.15) is 5.82 Å². The fourth-order valence-electron chi connectivity index (χ4n) is 2.01. The molecule has 1 aromatic heterocycles. The summed E-state index contributed by atoms with van der Waals surface area (Å²) in [5.41, 5.74) is 8.01. The predicted molar refractivity (Wildman–Crippen MR) is 78.7 cm³/mol. The smallest absolute Gasteiger partial charge is 0.188 e. The second-order valence-electron chi connectivity index (χ2n) is 4.56. The second kappa shape index (κ2) is 5.14. The summed E-state index contributed by atoms with van der Waals surface area (Å²) in [5, 5.41) is 12.0. The zero-order valence-corrected chi connectivity index (χ0v) is 11.8. The van der Waals surface area contributed by atoms with E-state index in [9.17, 15) is 4.39 Å². The summed E-state index contributed by atoms with van der Waals surface area (Å²) < 4.78 is 14.9. The number of nitrogen functional groups attached to an aromatic ring is 1. The number of anilines is 1. The molecule has 106 valence electrons. The van der Waals surface area contributed by atoms with E-state index in [1.807, 2.05) is 0 Å². The zero-order valence-electron chi connectivity index (χ0n) is 11.1. The third kappa shape index (κ3) is 2.34. The Morgan fingerprint density at radius 1 is 1.24 bits per heavy atom. The van der Waals surface area contributed by atoms with Crippen LogP contribution in [0.3, 0.4) is 0 Å².